The molecule has 0 saturated carbocycles. The summed E-state index contributed by atoms with van der Waals surface area (Å²) in [5.41, 5.74) is 7.44. The van der Waals surface area contributed by atoms with E-state index in [1.165, 1.54) is 6.20 Å². The summed E-state index contributed by atoms with van der Waals surface area (Å²) in [5.74, 6) is 0. The van der Waals surface area contributed by atoms with Gasteiger partial charge >= 0.3 is 0 Å². The Labute approximate surface area is 104 Å². The Bertz CT molecular complexity index is 399. The minimum absolute atomic E-state index is 0.0289. The van der Waals surface area contributed by atoms with Gasteiger partial charge in [0.05, 0.1) is 11.4 Å². The van der Waals surface area contributed by atoms with Gasteiger partial charge in [-0.15, -0.1) is 0 Å². The van der Waals surface area contributed by atoms with Crippen molar-refractivity contribution in [3.63, 3.8) is 0 Å². The number of para-hydroxylation sites is 1. The summed E-state index contributed by atoms with van der Waals surface area (Å²) < 4.78 is 0. The Kier molecular flexibility index (Phi) is 4.32. The van der Waals surface area contributed by atoms with E-state index >= 15 is 0 Å². The van der Waals surface area contributed by atoms with Crippen molar-refractivity contribution in [1.82, 2.24) is 0 Å². The summed E-state index contributed by atoms with van der Waals surface area (Å²) in [5, 5.41) is 6.45. The first-order valence-electron chi connectivity index (χ1n) is 5.71. The fourth-order valence-electron chi connectivity index (χ4n) is 1.39. The van der Waals surface area contributed by atoms with Crippen LogP contribution < -0.4 is 10.7 Å². The van der Waals surface area contributed by atoms with Crippen molar-refractivity contribution < 1.29 is 0 Å². The molecule has 0 fully saturated rings. The molecule has 0 aliphatic carbocycles. The number of benzene rings is 1. The predicted octanol–water partition coefficient (Wildman–Crippen LogP) is 3.00. The van der Waals surface area contributed by atoms with Crippen molar-refractivity contribution >= 4 is 11.4 Å². The maximum absolute atomic E-state index is 5.46. The molecule has 0 heterocycles. The van der Waals surface area contributed by atoms with E-state index in [0.29, 0.717) is 0 Å². The van der Waals surface area contributed by atoms with E-state index in [1.54, 1.807) is 0 Å². The van der Waals surface area contributed by atoms with Crippen molar-refractivity contribution in [3.8, 4) is 0 Å². The van der Waals surface area contributed by atoms with E-state index in [0.717, 1.165) is 11.4 Å². The molecular weight excluding hydrogens is 210 g/mol. The molecule has 3 heteroatoms. The van der Waals surface area contributed by atoms with Crippen LogP contribution in [0.3, 0.4) is 0 Å². The molecule has 17 heavy (non-hydrogen) atoms. The van der Waals surface area contributed by atoms with Crippen LogP contribution in [0.2, 0.25) is 0 Å². The lowest BCUT2D eigenvalue weighted by atomic mass is 9.90. The number of rotatable bonds is 3. The molecule has 92 valence electrons. The Morgan fingerprint density at radius 1 is 1.24 bits per heavy atom. The fourth-order valence-corrected chi connectivity index (χ4v) is 1.39. The molecule has 0 aliphatic heterocycles. The molecule has 0 amide bonds. The second-order valence-corrected chi connectivity index (χ2v) is 4.95. The first kappa shape index (κ1) is 13.3. The van der Waals surface area contributed by atoms with Gasteiger partial charge in [0, 0.05) is 12.5 Å². The first-order valence-corrected chi connectivity index (χ1v) is 5.71. The molecular formula is C14H21N3. The fraction of sp³-hybridized carbons (Fsp3) is 0.357. The summed E-state index contributed by atoms with van der Waals surface area (Å²) in [6, 6.07) is 10.0. The van der Waals surface area contributed by atoms with Crippen LogP contribution in [0.5, 0.6) is 0 Å². The van der Waals surface area contributed by atoms with Crippen molar-refractivity contribution in [2.75, 3.05) is 12.1 Å². The third-order valence-corrected chi connectivity index (χ3v) is 2.41. The summed E-state index contributed by atoms with van der Waals surface area (Å²) in [6.45, 7) is 6.35. The van der Waals surface area contributed by atoms with Crippen LogP contribution in [0.25, 0.3) is 0 Å². The van der Waals surface area contributed by atoms with Crippen LogP contribution in [0.15, 0.2) is 47.7 Å². The minimum atomic E-state index is -0.0289. The monoisotopic (exact) mass is 231 g/mol. The SMILES string of the molecule is CN(/N=C(\C=C\N)C(C)(C)C)c1ccccc1. The molecule has 1 aromatic carbocycles. The molecule has 0 bridgehead atoms. The van der Waals surface area contributed by atoms with Gasteiger partial charge in [0.15, 0.2) is 0 Å². The van der Waals surface area contributed by atoms with Gasteiger partial charge < -0.3 is 5.73 Å². The number of hydrogen-bond donors (Lipinski definition) is 1. The van der Waals surface area contributed by atoms with Gasteiger partial charge in [-0.2, -0.15) is 5.10 Å². The number of anilines is 1. The highest BCUT2D eigenvalue weighted by molar-refractivity contribution is 5.99. The molecule has 2 N–H and O–H groups in total. The zero-order chi connectivity index (χ0) is 12.9. The van der Waals surface area contributed by atoms with Gasteiger partial charge in [-0.25, -0.2) is 0 Å². The van der Waals surface area contributed by atoms with Crippen LogP contribution in [-0.4, -0.2) is 12.8 Å². The van der Waals surface area contributed by atoms with Gasteiger partial charge in [0.25, 0.3) is 0 Å². The molecule has 0 atom stereocenters. The molecule has 0 saturated heterocycles. The first-order chi connectivity index (χ1) is 7.95. The lowest BCUT2D eigenvalue weighted by molar-refractivity contribution is 0.590. The van der Waals surface area contributed by atoms with Gasteiger partial charge in [0.2, 0.25) is 0 Å². The van der Waals surface area contributed by atoms with E-state index in [2.05, 4.69) is 25.9 Å². The summed E-state index contributed by atoms with van der Waals surface area (Å²) in [7, 11) is 1.94. The van der Waals surface area contributed by atoms with Crippen LogP contribution in [0, 0.1) is 5.41 Å². The van der Waals surface area contributed by atoms with E-state index in [9.17, 15) is 0 Å². The maximum atomic E-state index is 5.46. The smallest absolute Gasteiger partial charge is 0.0677 e. The maximum Gasteiger partial charge on any atom is 0.0677 e. The number of nitrogens with zero attached hydrogens (tertiary/aromatic N) is 2. The van der Waals surface area contributed by atoms with E-state index in [-0.39, 0.29) is 5.41 Å². The lowest BCUT2D eigenvalue weighted by Crippen LogP contribution is -2.23. The van der Waals surface area contributed by atoms with Crippen LogP contribution in [-0.2, 0) is 0 Å². The molecule has 1 aromatic rings. The van der Waals surface area contributed by atoms with Gasteiger partial charge in [-0.3, -0.25) is 5.01 Å². The van der Waals surface area contributed by atoms with Crippen LogP contribution in [0.1, 0.15) is 20.8 Å². The third kappa shape index (κ3) is 3.94. The molecule has 0 radical (unpaired) electrons. The Morgan fingerprint density at radius 3 is 2.29 bits per heavy atom. The number of hydrogen-bond acceptors (Lipinski definition) is 3. The quantitative estimate of drug-likeness (QED) is 0.642. The number of allylic oxidation sites excluding steroid dienone is 1. The normalized spacial score (nSPS) is 13.1. The van der Waals surface area contributed by atoms with Gasteiger partial charge in [0.1, 0.15) is 0 Å². The topological polar surface area (TPSA) is 41.6 Å². The summed E-state index contributed by atoms with van der Waals surface area (Å²) in [4.78, 5) is 0. The average Bonchev–Trinajstić information content (AvgIpc) is 2.28. The van der Waals surface area contributed by atoms with Crippen molar-refractivity contribution in [2.24, 2.45) is 16.3 Å². The zero-order valence-electron chi connectivity index (χ0n) is 11.0. The second kappa shape index (κ2) is 5.53. The van der Waals surface area contributed by atoms with E-state index in [4.69, 9.17) is 5.73 Å². The number of hydrazone groups is 1. The standard InChI is InChI=1S/C14H21N3/c1-14(2,3)13(10-11-15)16-17(4)12-8-6-5-7-9-12/h5-11H,15H2,1-4H3/b11-10+,16-13+. The Hall–Kier alpha value is -1.77. The van der Waals surface area contributed by atoms with Crippen molar-refractivity contribution in [2.45, 2.75) is 20.8 Å². The molecule has 1 rings (SSSR count). The van der Waals surface area contributed by atoms with Crippen molar-refractivity contribution in [3.05, 3.63) is 42.6 Å². The highest BCUT2D eigenvalue weighted by atomic mass is 15.4. The predicted molar refractivity (Wildman–Crippen MR) is 75.1 cm³/mol. The third-order valence-electron chi connectivity index (χ3n) is 2.41. The van der Waals surface area contributed by atoms with E-state index < -0.39 is 0 Å². The van der Waals surface area contributed by atoms with Crippen LogP contribution >= 0.6 is 0 Å². The molecule has 3 nitrogen and oxygen atoms in total. The average molecular weight is 231 g/mol. The highest BCUT2D eigenvalue weighted by Gasteiger charge is 2.17. The molecule has 0 unspecified atom stereocenters. The Balaban J connectivity index is 2.99. The number of nitrogens with two attached hydrogens (primary N) is 1. The summed E-state index contributed by atoms with van der Waals surface area (Å²) in [6.07, 6.45) is 3.38. The molecule has 0 aromatic heterocycles. The van der Waals surface area contributed by atoms with Gasteiger partial charge in [-0.1, -0.05) is 39.0 Å². The second-order valence-electron chi connectivity index (χ2n) is 4.95. The van der Waals surface area contributed by atoms with E-state index in [1.807, 2.05) is 48.5 Å². The van der Waals surface area contributed by atoms with Gasteiger partial charge in [-0.05, 0) is 24.4 Å². The highest BCUT2D eigenvalue weighted by Crippen LogP contribution is 2.19. The zero-order valence-corrected chi connectivity index (χ0v) is 11.0. The summed E-state index contributed by atoms with van der Waals surface area (Å²) >= 11 is 0. The minimum Gasteiger partial charge on any atom is -0.405 e. The van der Waals surface area contributed by atoms with Crippen LogP contribution in [0.4, 0.5) is 5.69 Å². The largest absolute Gasteiger partial charge is 0.405 e. The Morgan fingerprint density at radius 2 is 1.82 bits per heavy atom. The van der Waals surface area contributed by atoms with Crippen molar-refractivity contribution in [1.29, 1.82) is 0 Å². The lowest BCUT2D eigenvalue weighted by Gasteiger charge is -2.22. The molecule has 0 spiro atoms. The molecule has 0 aliphatic rings.